The molecule has 2 bridgehead atoms. The average Bonchev–Trinajstić information content (AvgIpc) is 3.78. The normalized spacial score (nSPS) is 23.0. The lowest BCUT2D eigenvalue weighted by Crippen LogP contribution is -2.60. The van der Waals surface area contributed by atoms with Crippen LogP contribution in [0.3, 0.4) is 0 Å². The fraction of sp³-hybridized carbons (Fsp3) is 0.382. The predicted octanol–water partition coefficient (Wildman–Crippen LogP) is 6.86. The van der Waals surface area contributed by atoms with Gasteiger partial charge < -0.3 is 25.2 Å². The summed E-state index contributed by atoms with van der Waals surface area (Å²) in [6.45, 7) is 3.09. The SMILES string of the molecule is O=C(C1=C(c2ccc(N3CC[C@@H](Oc4c(F)ccc(Cl)c4F)C3)cc2)C[C@@H]2CNC[C@H]1N2)N(Cc1cccc(Cl)c1Cl)C1CC1. The maximum atomic E-state index is 14.4. The van der Waals surface area contributed by atoms with Gasteiger partial charge in [0.05, 0.1) is 27.7 Å². The van der Waals surface area contributed by atoms with Crippen LogP contribution >= 0.6 is 34.8 Å². The summed E-state index contributed by atoms with van der Waals surface area (Å²) < 4.78 is 34.4. The number of ether oxygens (including phenoxy) is 1. The molecule has 0 unspecified atom stereocenters. The number of benzene rings is 3. The summed E-state index contributed by atoms with van der Waals surface area (Å²) in [6.07, 6.45) is 2.91. The van der Waals surface area contributed by atoms with Crippen LogP contribution in [0.15, 0.2) is 60.2 Å². The third-order valence-corrected chi connectivity index (χ3v) is 10.3. The zero-order valence-corrected chi connectivity index (χ0v) is 26.7. The Labute approximate surface area is 276 Å². The summed E-state index contributed by atoms with van der Waals surface area (Å²) >= 11 is 18.7. The maximum Gasteiger partial charge on any atom is 0.252 e. The van der Waals surface area contributed by atoms with Crippen molar-refractivity contribution in [3.8, 4) is 5.75 Å². The van der Waals surface area contributed by atoms with Gasteiger partial charge in [0, 0.05) is 55.9 Å². The number of halogens is 5. The van der Waals surface area contributed by atoms with Gasteiger partial charge in [0.1, 0.15) is 6.10 Å². The fourth-order valence-electron chi connectivity index (χ4n) is 6.72. The van der Waals surface area contributed by atoms with Gasteiger partial charge in [-0.3, -0.25) is 4.79 Å². The summed E-state index contributed by atoms with van der Waals surface area (Å²) in [5, 5.41) is 7.97. The fourth-order valence-corrected chi connectivity index (χ4v) is 7.24. The lowest BCUT2D eigenvalue weighted by atomic mass is 9.83. The van der Waals surface area contributed by atoms with E-state index in [1.165, 1.54) is 6.07 Å². The lowest BCUT2D eigenvalue weighted by Gasteiger charge is -2.41. The highest BCUT2D eigenvalue weighted by Gasteiger charge is 2.41. The van der Waals surface area contributed by atoms with Crippen molar-refractivity contribution >= 4 is 52.0 Å². The summed E-state index contributed by atoms with van der Waals surface area (Å²) in [7, 11) is 0. The van der Waals surface area contributed by atoms with Gasteiger partial charge in [-0.1, -0.05) is 59.1 Å². The van der Waals surface area contributed by atoms with E-state index in [1.807, 2.05) is 29.2 Å². The first kappa shape index (κ1) is 30.8. The Morgan fingerprint density at radius 1 is 0.978 bits per heavy atom. The van der Waals surface area contributed by atoms with Crippen molar-refractivity contribution in [3.05, 3.63) is 98.0 Å². The number of carbonyl (C=O) groups excluding carboxylic acids is 1. The first-order chi connectivity index (χ1) is 21.8. The van der Waals surface area contributed by atoms with Crippen molar-refractivity contribution in [2.75, 3.05) is 31.1 Å². The third kappa shape index (κ3) is 6.28. The van der Waals surface area contributed by atoms with Crippen LogP contribution in [-0.4, -0.2) is 61.2 Å². The quantitative estimate of drug-likeness (QED) is 0.256. The summed E-state index contributed by atoms with van der Waals surface area (Å²) in [6, 6.07) is 16.4. The molecule has 3 aromatic rings. The second kappa shape index (κ2) is 12.7. The lowest BCUT2D eigenvalue weighted by molar-refractivity contribution is -0.128. The number of carbonyl (C=O) groups is 1. The van der Waals surface area contributed by atoms with E-state index in [1.54, 1.807) is 6.07 Å². The Morgan fingerprint density at radius 2 is 1.78 bits per heavy atom. The van der Waals surface area contributed by atoms with Gasteiger partial charge in [0.15, 0.2) is 17.4 Å². The summed E-state index contributed by atoms with van der Waals surface area (Å²) in [5.41, 5.74) is 4.71. The highest BCUT2D eigenvalue weighted by atomic mass is 35.5. The highest BCUT2D eigenvalue weighted by Crippen LogP contribution is 2.38. The van der Waals surface area contributed by atoms with Gasteiger partial charge in [-0.15, -0.1) is 0 Å². The molecule has 236 valence electrons. The molecule has 0 spiro atoms. The molecular weight excluding hydrogens is 641 g/mol. The van der Waals surface area contributed by atoms with Gasteiger partial charge in [0.25, 0.3) is 5.91 Å². The Morgan fingerprint density at radius 3 is 2.56 bits per heavy atom. The second-order valence-corrected chi connectivity index (χ2v) is 13.4. The zero-order valence-electron chi connectivity index (χ0n) is 24.5. The number of hydrogen-bond donors (Lipinski definition) is 2. The molecule has 3 heterocycles. The smallest absolute Gasteiger partial charge is 0.252 e. The van der Waals surface area contributed by atoms with Crippen molar-refractivity contribution in [1.29, 1.82) is 0 Å². The number of nitrogens with zero attached hydrogens (tertiary/aromatic N) is 2. The molecule has 11 heteroatoms. The van der Waals surface area contributed by atoms with Crippen molar-refractivity contribution in [2.24, 2.45) is 0 Å². The van der Waals surface area contributed by atoms with Crippen LogP contribution in [-0.2, 0) is 11.3 Å². The molecule has 2 saturated heterocycles. The van der Waals surface area contributed by atoms with Crippen molar-refractivity contribution in [1.82, 2.24) is 15.5 Å². The minimum Gasteiger partial charge on any atom is -0.482 e. The number of rotatable bonds is 8. The molecule has 3 aliphatic heterocycles. The number of amides is 1. The minimum atomic E-state index is -0.879. The highest BCUT2D eigenvalue weighted by molar-refractivity contribution is 6.42. The molecule has 4 aliphatic rings. The number of anilines is 1. The zero-order chi connectivity index (χ0) is 31.2. The van der Waals surface area contributed by atoms with Gasteiger partial charge in [-0.05, 0) is 66.3 Å². The molecule has 3 aromatic carbocycles. The number of fused-ring (bicyclic) bond motifs is 2. The maximum absolute atomic E-state index is 14.4. The summed E-state index contributed by atoms with van der Waals surface area (Å²) in [5.74, 6) is -2.04. The van der Waals surface area contributed by atoms with Gasteiger partial charge in [-0.25, -0.2) is 8.78 Å². The van der Waals surface area contributed by atoms with Crippen LogP contribution in [0.25, 0.3) is 5.57 Å². The topological polar surface area (TPSA) is 56.8 Å². The van der Waals surface area contributed by atoms with E-state index >= 15 is 0 Å². The van der Waals surface area contributed by atoms with E-state index in [0.29, 0.717) is 42.6 Å². The van der Waals surface area contributed by atoms with Crippen LogP contribution in [0.1, 0.15) is 36.8 Å². The monoisotopic (exact) mass is 672 g/mol. The van der Waals surface area contributed by atoms with Crippen LogP contribution in [0.2, 0.25) is 15.1 Å². The van der Waals surface area contributed by atoms with Crippen LogP contribution in [0, 0.1) is 11.6 Å². The average molecular weight is 674 g/mol. The Balaban J connectivity index is 1.13. The van der Waals surface area contributed by atoms with E-state index in [4.69, 9.17) is 39.5 Å². The van der Waals surface area contributed by atoms with Gasteiger partial charge in [0.2, 0.25) is 0 Å². The first-order valence-electron chi connectivity index (χ1n) is 15.4. The molecule has 3 atom stereocenters. The van der Waals surface area contributed by atoms with E-state index in [2.05, 4.69) is 27.7 Å². The molecular formula is C34H33Cl3F2N4O2. The standard InChI is InChI=1S/C34H33Cl3F2N4O2/c35-26-3-1-2-20(31(26)37)17-43(23-8-9-23)34(44)30-25(14-21-15-40-16-29(30)41-21)19-4-6-22(7-5-19)42-13-12-24(18-42)45-33-28(38)11-10-27(36)32(33)39/h1-7,10-11,21,23-24,29,40-41H,8-9,12-18H2/t21-,24-,29-/m1/s1. The number of hydrogen-bond acceptors (Lipinski definition) is 5. The van der Waals surface area contributed by atoms with Crippen LogP contribution < -0.4 is 20.3 Å². The summed E-state index contributed by atoms with van der Waals surface area (Å²) in [4.78, 5) is 18.5. The first-order valence-corrected chi connectivity index (χ1v) is 16.5. The van der Waals surface area contributed by atoms with Crippen LogP contribution in [0.4, 0.5) is 14.5 Å². The molecule has 1 saturated carbocycles. The van der Waals surface area contributed by atoms with E-state index in [9.17, 15) is 13.6 Å². The second-order valence-electron chi connectivity index (χ2n) is 12.2. The number of nitrogens with one attached hydrogen (secondary N) is 2. The minimum absolute atomic E-state index is 0.0345. The molecule has 2 N–H and O–H groups in total. The molecule has 6 nitrogen and oxygen atoms in total. The van der Waals surface area contributed by atoms with E-state index in [-0.39, 0.29) is 35.2 Å². The van der Waals surface area contributed by atoms with Crippen molar-refractivity contribution < 1.29 is 18.3 Å². The molecule has 3 fully saturated rings. The third-order valence-electron chi connectivity index (χ3n) is 9.16. The molecule has 7 rings (SSSR count). The Hall–Kier alpha value is -2.88. The molecule has 1 aliphatic carbocycles. The van der Waals surface area contributed by atoms with Crippen molar-refractivity contribution in [3.63, 3.8) is 0 Å². The van der Waals surface area contributed by atoms with Gasteiger partial charge in [-0.2, -0.15) is 0 Å². The predicted molar refractivity (Wildman–Crippen MR) is 174 cm³/mol. The van der Waals surface area contributed by atoms with E-state index < -0.39 is 17.4 Å². The van der Waals surface area contributed by atoms with Crippen molar-refractivity contribution in [2.45, 2.75) is 56.5 Å². The van der Waals surface area contributed by atoms with Crippen LogP contribution in [0.5, 0.6) is 5.75 Å². The number of piperazine rings is 1. The molecule has 0 aromatic heterocycles. The molecule has 0 radical (unpaired) electrons. The Kier molecular flexibility index (Phi) is 8.70. The Bertz CT molecular complexity index is 1650. The van der Waals surface area contributed by atoms with Gasteiger partial charge >= 0.3 is 0 Å². The van der Waals surface area contributed by atoms with E-state index in [0.717, 1.165) is 59.8 Å². The molecule has 45 heavy (non-hydrogen) atoms. The largest absolute Gasteiger partial charge is 0.482 e. The molecule has 1 amide bonds.